The zero-order chi connectivity index (χ0) is 16.4. The van der Waals surface area contributed by atoms with Gasteiger partial charge in [-0.2, -0.15) is 11.8 Å². The molecule has 1 atom stereocenters. The highest BCUT2D eigenvalue weighted by Crippen LogP contribution is 2.31. The zero-order valence-corrected chi connectivity index (χ0v) is 13.9. The topological polar surface area (TPSA) is 69.5 Å². The van der Waals surface area contributed by atoms with Crippen LogP contribution >= 0.6 is 11.8 Å². The Morgan fingerprint density at radius 2 is 2.04 bits per heavy atom. The van der Waals surface area contributed by atoms with Gasteiger partial charge in [-0.15, -0.1) is 5.10 Å². The zero-order valence-electron chi connectivity index (χ0n) is 13.1. The van der Waals surface area contributed by atoms with E-state index in [-0.39, 0.29) is 12.0 Å². The molecule has 7 nitrogen and oxygen atoms in total. The molecule has 24 heavy (non-hydrogen) atoms. The molecule has 1 unspecified atom stereocenters. The SMILES string of the molecule is O=C(c1cn(CC2COc3ccccc3O2)nn1)N1CCSCC1. The number of fused-ring (bicyclic) bond motifs is 1. The number of thioether (sulfide) groups is 1. The summed E-state index contributed by atoms with van der Waals surface area (Å²) in [4.78, 5) is 14.2. The largest absolute Gasteiger partial charge is 0.486 e. The molecule has 0 N–H and O–H groups in total. The third-order valence-electron chi connectivity index (χ3n) is 4.01. The van der Waals surface area contributed by atoms with Crippen molar-refractivity contribution in [3.05, 3.63) is 36.2 Å². The molecule has 1 aromatic carbocycles. The van der Waals surface area contributed by atoms with Gasteiger partial charge in [0.25, 0.3) is 5.91 Å². The normalized spacial score (nSPS) is 20.0. The molecule has 0 spiro atoms. The average molecular weight is 346 g/mol. The molecule has 126 valence electrons. The van der Waals surface area contributed by atoms with Crippen molar-refractivity contribution in [2.24, 2.45) is 0 Å². The Balaban J connectivity index is 1.40. The lowest BCUT2D eigenvalue weighted by Gasteiger charge is -2.26. The van der Waals surface area contributed by atoms with Gasteiger partial charge in [-0.25, -0.2) is 4.68 Å². The maximum absolute atomic E-state index is 12.4. The predicted octanol–water partition coefficient (Wildman–Crippen LogP) is 1.31. The number of rotatable bonds is 3. The lowest BCUT2D eigenvalue weighted by Crippen LogP contribution is -2.38. The number of hydrogen-bond acceptors (Lipinski definition) is 6. The van der Waals surface area contributed by atoms with Crippen LogP contribution in [0.15, 0.2) is 30.5 Å². The van der Waals surface area contributed by atoms with Gasteiger partial charge in [-0.1, -0.05) is 17.3 Å². The van der Waals surface area contributed by atoms with E-state index in [1.807, 2.05) is 40.9 Å². The van der Waals surface area contributed by atoms with Crippen molar-refractivity contribution in [2.45, 2.75) is 12.6 Å². The van der Waals surface area contributed by atoms with Gasteiger partial charge in [-0.05, 0) is 12.1 Å². The Bertz CT molecular complexity index is 730. The number of ether oxygens (including phenoxy) is 2. The highest BCUT2D eigenvalue weighted by atomic mass is 32.2. The molecular weight excluding hydrogens is 328 g/mol. The van der Waals surface area contributed by atoms with E-state index >= 15 is 0 Å². The van der Waals surface area contributed by atoms with Crippen molar-refractivity contribution in [1.29, 1.82) is 0 Å². The van der Waals surface area contributed by atoms with E-state index in [9.17, 15) is 4.79 Å². The maximum atomic E-state index is 12.4. The summed E-state index contributed by atoms with van der Waals surface area (Å²) < 4.78 is 13.3. The number of para-hydroxylation sites is 2. The van der Waals surface area contributed by atoms with Crippen molar-refractivity contribution in [1.82, 2.24) is 19.9 Å². The summed E-state index contributed by atoms with van der Waals surface area (Å²) in [6, 6.07) is 7.59. The fourth-order valence-corrected chi connectivity index (χ4v) is 3.68. The number of carbonyl (C=O) groups is 1. The van der Waals surface area contributed by atoms with Gasteiger partial charge in [-0.3, -0.25) is 4.79 Å². The van der Waals surface area contributed by atoms with E-state index in [0.717, 1.165) is 36.1 Å². The first-order valence-electron chi connectivity index (χ1n) is 7.95. The Morgan fingerprint density at radius 3 is 2.88 bits per heavy atom. The fraction of sp³-hybridized carbons (Fsp3) is 0.438. The van der Waals surface area contributed by atoms with Gasteiger partial charge in [0, 0.05) is 24.6 Å². The van der Waals surface area contributed by atoms with Gasteiger partial charge in [0.1, 0.15) is 6.61 Å². The number of hydrogen-bond donors (Lipinski definition) is 0. The quantitative estimate of drug-likeness (QED) is 0.835. The van der Waals surface area contributed by atoms with Crippen LogP contribution in [-0.2, 0) is 6.54 Å². The second-order valence-electron chi connectivity index (χ2n) is 5.73. The van der Waals surface area contributed by atoms with Crippen molar-refractivity contribution in [3.63, 3.8) is 0 Å². The van der Waals surface area contributed by atoms with Crippen LogP contribution in [0, 0.1) is 0 Å². The van der Waals surface area contributed by atoms with Gasteiger partial charge in [0.2, 0.25) is 0 Å². The minimum absolute atomic E-state index is 0.0484. The monoisotopic (exact) mass is 346 g/mol. The van der Waals surface area contributed by atoms with Crippen LogP contribution in [0.5, 0.6) is 11.5 Å². The van der Waals surface area contributed by atoms with Gasteiger partial charge in [0.15, 0.2) is 23.3 Å². The molecule has 2 aromatic rings. The van der Waals surface area contributed by atoms with E-state index < -0.39 is 0 Å². The smallest absolute Gasteiger partial charge is 0.276 e. The second kappa shape index (κ2) is 6.72. The molecule has 2 aliphatic heterocycles. The predicted molar refractivity (Wildman–Crippen MR) is 89.6 cm³/mol. The average Bonchev–Trinajstić information content (AvgIpc) is 3.10. The van der Waals surface area contributed by atoms with E-state index in [1.165, 1.54) is 0 Å². The summed E-state index contributed by atoms with van der Waals surface area (Å²) in [5.74, 6) is 3.40. The lowest BCUT2D eigenvalue weighted by molar-refractivity contribution is 0.0750. The van der Waals surface area contributed by atoms with E-state index in [1.54, 1.807) is 10.9 Å². The molecule has 4 rings (SSSR count). The molecule has 1 aromatic heterocycles. The Kier molecular flexibility index (Phi) is 4.29. The number of aromatic nitrogens is 3. The van der Waals surface area contributed by atoms with Crippen LogP contribution in [0.4, 0.5) is 0 Å². The number of benzene rings is 1. The minimum atomic E-state index is -0.157. The second-order valence-corrected chi connectivity index (χ2v) is 6.95. The first kappa shape index (κ1) is 15.3. The molecule has 1 saturated heterocycles. The molecule has 0 aliphatic carbocycles. The van der Waals surface area contributed by atoms with Crippen LogP contribution in [0.1, 0.15) is 10.5 Å². The summed E-state index contributed by atoms with van der Waals surface area (Å²) >= 11 is 1.87. The van der Waals surface area contributed by atoms with Gasteiger partial charge < -0.3 is 14.4 Å². The highest BCUT2D eigenvalue weighted by Gasteiger charge is 2.24. The summed E-state index contributed by atoms with van der Waals surface area (Å²) in [7, 11) is 0. The van der Waals surface area contributed by atoms with Crippen molar-refractivity contribution < 1.29 is 14.3 Å². The van der Waals surface area contributed by atoms with Gasteiger partial charge in [0.05, 0.1) is 12.7 Å². The number of amides is 1. The Labute approximate surface area is 143 Å². The standard InChI is InChI=1S/C16H18N4O3S/c21-16(19-5-7-24-8-6-19)13-10-20(18-17-13)9-12-11-22-14-3-1-2-4-15(14)23-12/h1-4,10,12H,5-9,11H2. The molecule has 0 radical (unpaired) electrons. The first-order valence-corrected chi connectivity index (χ1v) is 9.11. The molecule has 1 amide bonds. The van der Waals surface area contributed by atoms with Crippen molar-refractivity contribution >= 4 is 17.7 Å². The van der Waals surface area contributed by atoms with Crippen LogP contribution in [0.3, 0.4) is 0 Å². The summed E-state index contributed by atoms with van der Waals surface area (Å²) in [5.41, 5.74) is 0.388. The van der Waals surface area contributed by atoms with E-state index in [4.69, 9.17) is 9.47 Å². The molecule has 3 heterocycles. The summed E-state index contributed by atoms with van der Waals surface area (Å²) in [6.45, 7) is 2.48. The molecular formula is C16H18N4O3S. The van der Waals surface area contributed by atoms with Crippen LogP contribution < -0.4 is 9.47 Å². The number of carbonyl (C=O) groups excluding carboxylic acids is 1. The third kappa shape index (κ3) is 3.19. The highest BCUT2D eigenvalue weighted by molar-refractivity contribution is 7.99. The van der Waals surface area contributed by atoms with Crippen LogP contribution in [-0.4, -0.2) is 63.1 Å². The molecule has 2 aliphatic rings. The lowest BCUT2D eigenvalue weighted by atomic mass is 10.2. The summed E-state index contributed by atoms with van der Waals surface area (Å²) in [6.07, 6.45) is 1.53. The van der Waals surface area contributed by atoms with E-state index in [0.29, 0.717) is 18.8 Å². The Hall–Kier alpha value is -2.22. The van der Waals surface area contributed by atoms with Gasteiger partial charge >= 0.3 is 0 Å². The molecule has 8 heteroatoms. The minimum Gasteiger partial charge on any atom is -0.486 e. The Morgan fingerprint density at radius 1 is 1.25 bits per heavy atom. The maximum Gasteiger partial charge on any atom is 0.276 e. The number of nitrogens with zero attached hydrogens (tertiary/aromatic N) is 4. The third-order valence-corrected chi connectivity index (χ3v) is 4.96. The fourth-order valence-electron chi connectivity index (χ4n) is 2.78. The molecule has 0 saturated carbocycles. The molecule has 1 fully saturated rings. The van der Waals surface area contributed by atoms with Crippen molar-refractivity contribution in [3.8, 4) is 11.5 Å². The molecule has 0 bridgehead atoms. The summed E-state index contributed by atoms with van der Waals surface area (Å²) in [5, 5.41) is 8.08. The van der Waals surface area contributed by atoms with Crippen LogP contribution in [0.2, 0.25) is 0 Å². The van der Waals surface area contributed by atoms with E-state index in [2.05, 4.69) is 10.3 Å². The van der Waals surface area contributed by atoms with Crippen molar-refractivity contribution in [2.75, 3.05) is 31.2 Å². The van der Waals surface area contributed by atoms with Crippen LogP contribution in [0.25, 0.3) is 0 Å². The first-order chi connectivity index (χ1) is 11.8.